The minimum atomic E-state index is -0.759. The second kappa shape index (κ2) is 8.08. The van der Waals surface area contributed by atoms with Gasteiger partial charge in [0, 0.05) is 26.6 Å². The van der Waals surface area contributed by atoms with Crippen molar-refractivity contribution < 1.29 is 14.7 Å². The third-order valence-electron chi connectivity index (χ3n) is 2.16. The predicted molar refractivity (Wildman–Crippen MR) is 57.8 cm³/mol. The Kier molecular flexibility index (Phi) is 7.40. The van der Waals surface area contributed by atoms with Crippen LogP contribution in [0.25, 0.3) is 0 Å². The predicted octanol–water partition coefficient (Wildman–Crippen LogP) is 1.29. The molecule has 0 fully saturated rings. The lowest BCUT2D eigenvalue weighted by Crippen LogP contribution is -2.37. The van der Waals surface area contributed by atoms with Crippen molar-refractivity contribution in [1.82, 2.24) is 10.2 Å². The molecule has 0 spiro atoms. The van der Waals surface area contributed by atoms with Crippen LogP contribution in [0.2, 0.25) is 0 Å². The fourth-order valence-corrected chi connectivity index (χ4v) is 1.05. The number of rotatable bonds is 7. The maximum absolute atomic E-state index is 11.2. The zero-order valence-corrected chi connectivity index (χ0v) is 9.45. The Labute approximate surface area is 90.5 Å². The van der Waals surface area contributed by atoms with Gasteiger partial charge in [-0.15, -0.1) is 0 Å². The van der Waals surface area contributed by atoms with Crippen molar-refractivity contribution in [2.45, 2.75) is 32.6 Å². The fourth-order valence-electron chi connectivity index (χ4n) is 1.05. The Morgan fingerprint density at radius 3 is 2.47 bits per heavy atom. The van der Waals surface area contributed by atoms with E-state index in [1.807, 2.05) is 6.92 Å². The molecule has 2 amide bonds. The smallest absolute Gasteiger partial charge is 0.317 e. The van der Waals surface area contributed by atoms with Crippen molar-refractivity contribution in [3.8, 4) is 0 Å². The van der Waals surface area contributed by atoms with E-state index in [1.54, 1.807) is 11.9 Å². The topological polar surface area (TPSA) is 69.6 Å². The fraction of sp³-hybridized carbons (Fsp3) is 0.800. The molecule has 2 N–H and O–H groups in total. The van der Waals surface area contributed by atoms with Gasteiger partial charge in [0.1, 0.15) is 0 Å². The number of hydrogen-bond donors (Lipinski definition) is 2. The van der Waals surface area contributed by atoms with E-state index in [-0.39, 0.29) is 12.5 Å². The molecule has 5 heteroatoms. The Morgan fingerprint density at radius 2 is 1.93 bits per heavy atom. The molecule has 0 saturated heterocycles. The summed E-state index contributed by atoms with van der Waals surface area (Å²) in [5, 5.41) is 11.1. The van der Waals surface area contributed by atoms with Crippen LogP contribution in [-0.2, 0) is 4.79 Å². The number of nitrogens with one attached hydrogen (secondary N) is 1. The zero-order valence-electron chi connectivity index (χ0n) is 9.45. The van der Waals surface area contributed by atoms with Crippen molar-refractivity contribution in [3.05, 3.63) is 0 Å². The van der Waals surface area contributed by atoms with E-state index in [0.29, 0.717) is 19.5 Å². The Balaban J connectivity index is 3.31. The van der Waals surface area contributed by atoms with Gasteiger partial charge in [-0.3, -0.25) is 4.79 Å². The highest BCUT2D eigenvalue weighted by molar-refractivity contribution is 5.73. The average molecular weight is 216 g/mol. The first-order valence-corrected chi connectivity index (χ1v) is 5.28. The number of amides is 2. The molecule has 0 aliphatic carbocycles. The molecule has 0 aromatic heterocycles. The number of unbranched alkanes of at least 4 members (excludes halogenated alkanes) is 2. The SMILES string of the molecule is CCN(C)C(=O)NCCCCCC(=O)O. The number of carbonyl (C=O) groups excluding carboxylic acids is 1. The molecule has 0 rings (SSSR count). The van der Waals surface area contributed by atoms with Crippen LogP contribution in [0.1, 0.15) is 32.6 Å². The standard InChI is InChI=1S/C10H20N2O3/c1-3-12(2)10(15)11-8-6-4-5-7-9(13)14/h3-8H2,1-2H3,(H,11,15)(H,13,14). The highest BCUT2D eigenvalue weighted by Gasteiger charge is 2.03. The zero-order chi connectivity index (χ0) is 11.7. The lowest BCUT2D eigenvalue weighted by atomic mass is 10.2. The van der Waals surface area contributed by atoms with Gasteiger partial charge in [-0.25, -0.2) is 4.79 Å². The van der Waals surface area contributed by atoms with Crippen LogP contribution in [0, 0.1) is 0 Å². The molecule has 88 valence electrons. The molecule has 0 aliphatic heterocycles. The molecule has 0 aromatic rings. The third kappa shape index (κ3) is 7.78. The molecule has 15 heavy (non-hydrogen) atoms. The summed E-state index contributed by atoms with van der Waals surface area (Å²) in [5.74, 6) is -0.759. The quantitative estimate of drug-likeness (QED) is 0.630. The first-order chi connectivity index (χ1) is 7.07. The lowest BCUT2D eigenvalue weighted by molar-refractivity contribution is -0.137. The molecule has 0 heterocycles. The summed E-state index contributed by atoms with van der Waals surface area (Å²) in [6, 6.07) is -0.0734. The Bertz CT molecular complexity index is 207. The minimum absolute atomic E-state index is 0.0734. The van der Waals surface area contributed by atoms with Crippen molar-refractivity contribution in [2.75, 3.05) is 20.1 Å². The van der Waals surface area contributed by atoms with E-state index in [9.17, 15) is 9.59 Å². The second-order valence-corrected chi connectivity index (χ2v) is 3.45. The summed E-state index contributed by atoms with van der Waals surface area (Å²) < 4.78 is 0. The summed E-state index contributed by atoms with van der Waals surface area (Å²) in [5.41, 5.74) is 0. The molecule has 0 aliphatic rings. The van der Waals surface area contributed by atoms with Crippen molar-refractivity contribution in [3.63, 3.8) is 0 Å². The van der Waals surface area contributed by atoms with E-state index < -0.39 is 5.97 Å². The molecule has 0 atom stereocenters. The first kappa shape index (κ1) is 13.7. The molecule has 0 unspecified atom stereocenters. The first-order valence-electron chi connectivity index (χ1n) is 5.28. The average Bonchev–Trinajstić information content (AvgIpc) is 2.21. The van der Waals surface area contributed by atoms with Gasteiger partial charge in [-0.05, 0) is 19.8 Å². The Morgan fingerprint density at radius 1 is 1.27 bits per heavy atom. The van der Waals surface area contributed by atoms with Crippen LogP contribution < -0.4 is 5.32 Å². The van der Waals surface area contributed by atoms with Crippen LogP contribution in [0.4, 0.5) is 4.79 Å². The number of urea groups is 1. The summed E-state index contributed by atoms with van der Waals surface area (Å²) in [6.45, 7) is 3.21. The van der Waals surface area contributed by atoms with Crippen molar-refractivity contribution in [1.29, 1.82) is 0 Å². The number of nitrogens with zero attached hydrogens (tertiary/aromatic N) is 1. The molecule has 0 aromatic carbocycles. The summed E-state index contributed by atoms with van der Waals surface area (Å²) >= 11 is 0. The monoisotopic (exact) mass is 216 g/mol. The van der Waals surface area contributed by atoms with E-state index in [0.717, 1.165) is 12.8 Å². The van der Waals surface area contributed by atoms with Gasteiger partial charge in [0.05, 0.1) is 0 Å². The van der Waals surface area contributed by atoms with Gasteiger partial charge >= 0.3 is 12.0 Å². The number of carboxylic acid groups (broad SMARTS) is 1. The Hall–Kier alpha value is -1.26. The van der Waals surface area contributed by atoms with E-state index in [4.69, 9.17) is 5.11 Å². The summed E-state index contributed by atoms with van der Waals surface area (Å²) in [7, 11) is 1.74. The van der Waals surface area contributed by atoms with Crippen LogP contribution >= 0.6 is 0 Å². The van der Waals surface area contributed by atoms with E-state index >= 15 is 0 Å². The van der Waals surface area contributed by atoms with Crippen LogP contribution in [-0.4, -0.2) is 42.1 Å². The van der Waals surface area contributed by atoms with Crippen molar-refractivity contribution in [2.24, 2.45) is 0 Å². The molecule has 5 nitrogen and oxygen atoms in total. The normalized spacial score (nSPS) is 9.73. The van der Waals surface area contributed by atoms with Crippen LogP contribution in [0.15, 0.2) is 0 Å². The highest BCUT2D eigenvalue weighted by Crippen LogP contribution is 1.98. The van der Waals surface area contributed by atoms with E-state index in [2.05, 4.69) is 5.32 Å². The van der Waals surface area contributed by atoms with E-state index in [1.165, 1.54) is 0 Å². The van der Waals surface area contributed by atoms with Gasteiger partial charge in [-0.1, -0.05) is 6.42 Å². The number of hydrogen-bond acceptors (Lipinski definition) is 2. The molecule has 0 radical (unpaired) electrons. The number of carbonyl (C=O) groups is 2. The third-order valence-corrected chi connectivity index (χ3v) is 2.16. The summed E-state index contributed by atoms with van der Waals surface area (Å²) in [6.07, 6.45) is 2.55. The van der Waals surface area contributed by atoms with Gasteiger partial charge in [-0.2, -0.15) is 0 Å². The molecular weight excluding hydrogens is 196 g/mol. The lowest BCUT2D eigenvalue weighted by Gasteiger charge is -2.15. The summed E-state index contributed by atoms with van der Waals surface area (Å²) in [4.78, 5) is 23.0. The molecule has 0 saturated carbocycles. The van der Waals surface area contributed by atoms with Crippen LogP contribution in [0.3, 0.4) is 0 Å². The largest absolute Gasteiger partial charge is 0.481 e. The molecular formula is C10H20N2O3. The van der Waals surface area contributed by atoms with Gasteiger partial charge < -0.3 is 15.3 Å². The van der Waals surface area contributed by atoms with Crippen molar-refractivity contribution >= 4 is 12.0 Å². The maximum Gasteiger partial charge on any atom is 0.317 e. The molecule has 0 bridgehead atoms. The van der Waals surface area contributed by atoms with Gasteiger partial charge in [0.15, 0.2) is 0 Å². The van der Waals surface area contributed by atoms with Gasteiger partial charge in [0.2, 0.25) is 0 Å². The number of aliphatic carboxylic acids is 1. The highest BCUT2D eigenvalue weighted by atomic mass is 16.4. The van der Waals surface area contributed by atoms with Crippen LogP contribution in [0.5, 0.6) is 0 Å². The maximum atomic E-state index is 11.2. The second-order valence-electron chi connectivity index (χ2n) is 3.45. The minimum Gasteiger partial charge on any atom is -0.481 e. The van der Waals surface area contributed by atoms with Gasteiger partial charge in [0.25, 0.3) is 0 Å². The number of carboxylic acids is 1.